The van der Waals surface area contributed by atoms with Crippen LogP contribution in [0.3, 0.4) is 0 Å². The molecule has 0 saturated heterocycles. The molecule has 7 nitrogen and oxygen atoms in total. The zero-order valence-electron chi connectivity index (χ0n) is 17.4. The highest BCUT2D eigenvalue weighted by molar-refractivity contribution is 6.07. The summed E-state index contributed by atoms with van der Waals surface area (Å²) in [6, 6.07) is 11.2. The molecule has 1 aromatic carbocycles. The summed E-state index contributed by atoms with van der Waals surface area (Å²) < 4.78 is 25.6. The van der Waals surface area contributed by atoms with Crippen LogP contribution >= 0.6 is 0 Å². The molecule has 160 valence electrons. The number of benzene rings is 1. The molecule has 1 amide bonds. The van der Waals surface area contributed by atoms with E-state index < -0.39 is 0 Å². The van der Waals surface area contributed by atoms with Crippen molar-refractivity contribution in [2.24, 2.45) is 7.05 Å². The molecule has 0 fully saturated rings. The van der Waals surface area contributed by atoms with Crippen molar-refractivity contribution >= 4 is 16.9 Å². The zero-order valence-corrected chi connectivity index (χ0v) is 17.4. The van der Waals surface area contributed by atoms with Crippen molar-refractivity contribution < 1.29 is 18.3 Å². The maximum absolute atomic E-state index is 13.0. The number of hydrogen-bond donors (Lipinski definition) is 1. The lowest BCUT2D eigenvalue weighted by molar-refractivity contribution is 0.0954. The number of furan rings is 1. The Balaban J connectivity index is 1.39. The molecule has 0 unspecified atom stereocenters. The first kappa shape index (κ1) is 20.6. The average molecular weight is 422 g/mol. The topological polar surface area (TPSA) is 82.2 Å². The van der Waals surface area contributed by atoms with Gasteiger partial charge in [0.25, 0.3) is 5.91 Å². The minimum absolute atomic E-state index is 0.184. The highest BCUT2D eigenvalue weighted by atomic mass is 19.1. The highest BCUT2D eigenvalue weighted by Gasteiger charge is 2.19. The van der Waals surface area contributed by atoms with Crippen LogP contribution in [0, 0.1) is 12.7 Å². The van der Waals surface area contributed by atoms with Crippen LogP contribution in [0.15, 0.2) is 53.1 Å². The first-order chi connectivity index (χ1) is 15.0. The van der Waals surface area contributed by atoms with E-state index in [2.05, 4.69) is 15.4 Å². The molecule has 0 aliphatic rings. The van der Waals surface area contributed by atoms with Crippen molar-refractivity contribution in [2.45, 2.75) is 19.8 Å². The molecule has 0 atom stereocenters. The molecule has 1 N–H and O–H groups in total. The predicted molar refractivity (Wildman–Crippen MR) is 114 cm³/mol. The Labute approximate surface area is 178 Å². The summed E-state index contributed by atoms with van der Waals surface area (Å²) in [5.74, 6) is 0.741. The fourth-order valence-electron chi connectivity index (χ4n) is 3.42. The van der Waals surface area contributed by atoms with Gasteiger partial charge in [-0.2, -0.15) is 5.10 Å². The number of aromatic nitrogens is 3. The number of aryl methyl sites for hydroxylation is 2. The van der Waals surface area contributed by atoms with Crippen LogP contribution in [-0.4, -0.2) is 33.8 Å². The van der Waals surface area contributed by atoms with Gasteiger partial charge in [0.15, 0.2) is 11.4 Å². The second-order valence-electron chi connectivity index (χ2n) is 7.21. The fraction of sp³-hybridized carbons (Fsp3) is 0.261. The third kappa shape index (κ3) is 4.58. The quantitative estimate of drug-likeness (QED) is 0.429. The number of carbonyl (C=O) groups is 1. The maximum Gasteiger partial charge on any atom is 0.252 e. The van der Waals surface area contributed by atoms with Crippen molar-refractivity contribution in [2.75, 3.05) is 13.2 Å². The van der Waals surface area contributed by atoms with Gasteiger partial charge in [-0.25, -0.2) is 9.37 Å². The molecule has 4 aromatic rings. The minimum atomic E-state index is -0.292. The van der Waals surface area contributed by atoms with Crippen LogP contribution in [0.2, 0.25) is 0 Å². The number of hydrogen-bond acceptors (Lipinski definition) is 5. The summed E-state index contributed by atoms with van der Waals surface area (Å²) in [6.45, 7) is 2.86. The highest BCUT2D eigenvalue weighted by Crippen LogP contribution is 2.27. The molecule has 3 aromatic heterocycles. The largest absolute Gasteiger partial charge is 0.494 e. The normalized spacial score (nSPS) is 11.1. The third-order valence-corrected chi connectivity index (χ3v) is 4.93. The maximum atomic E-state index is 13.0. The fourth-order valence-corrected chi connectivity index (χ4v) is 3.42. The van der Waals surface area contributed by atoms with Crippen molar-refractivity contribution in [3.8, 4) is 17.2 Å². The summed E-state index contributed by atoms with van der Waals surface area (Å²) in [5.41, 5.74) is 2.47. The Morgan fingerprint density at radius 3 is 2.77 bits per heavy atom. The molecule has 3 heterocycles. The van der Waals surface area contributed by atoms with Gasteiger partial charge in [-0.3, -0.25) is 9.48 Å². The molecule has 0 spiro atoms. The van der Waals surface area contributed by atoms with E-state index in [1.807, 2.05) is 6.92 Å². The first-order valence-corrected chi connectivity index (χ1v) is 10.1. The summed E-state index contributed by atoms with van der Waals surface area (Å²) in [4.78, 5) is 17.6. The standard InChI is InChI=1S/C23H23FN4O3/c1-15-21-18(14-19(20-6-5-13-31-20)26-22(21)28(2)27-15)23(29)25-11-3-4-12-30-17-9-7-16(24)8-10-17/h5-10,13-14H,3-4,11-12H2,1-2H3,(H,25,29). The Hall–Kier alpha value is -3.68. The third-order valence-electron chi connectivity index (χ3n) is 4.93. The predicted octanol–water partition coefficient (Wildman–Crippen LogP) is 4.26. The van der Waals surface area contributed by atoms with E-state index in [0.717, 1.165) is 23.9 Å². The van der Waals surface area contributed by atoms with Gasteiger partial charge < -0.3 is 14.5 Å². The van der Waals surface area contributed by atoms with Crippen molar-refractivity contribution in [3.63, 3.8) is 0 Å². The van der Waals surface area contributed by atoms with Crippen LogP contribution in [0.4, 0.5) is 4.39 Å². The van der Waals surface area contributed by atoms with Gasteiger partial charge in [0.2, 0.25) is 0 Å². The number of carbonyl (C=O) groups excluding carboxylic acids is 1. The van der Waals surface area contributed by atoms with Gasteiger partial charge >= 0.3 is 0 Å². The summed E-state index contributed by atoms with van der Waals surface area (Å²) in [7, 11) is 1.80. The Kier molecular flexibility index (Phi) is 5.97. The summed E-state index contributed by atoms with van der Waals surface area (Å²) in [6.07, 6.45) is 3.08. The van der Waals surface area contributed by atoms with E-state index in [1.165, 1.54) is 12.1 Å². The van der Waals surface area contributed by atoms with Crippen molar-refractivity contribution in [1.82, 2.24) is 20.1 Å². The number of ether oxygens (including phenoxy) is 1. The lowest BCUT2D eigenvalue weighted by atomic mass is 10.1. The van der Waals surface area contributed by atoms with Gasteiger partial charge in [0, 0.05) is 13.6 Å². The van der Waals surface area contributed by atoms with Crippen LogP contribution in [0.1, 0.15) is 28.9 Å². The Bertz CT molecular complexity index is 1180. The van der Waals surface area contributed by atoms with E-state index in [1.54, 1.807) is 48.3 Å². The van der Waals surface area contributed by atoms with Crippen LogP contribution in [-0.2, 0) is 7.05 Å². The number of nitrogens with zero attached hydrogens (tertiary/aromatic N) is 3. The molecular weight excluding hydrogens is 399 g/mol. The SMILES string of the molecule is Cc1nn(C)c2nc(-c3ccco3)cc(C(=O)NCCCCOc3ccc(F)cc3)c12. The van der Waals surface area contributed by atoms with E-state index >= 15 is 0 Å². The van der Waals surface area contributed by atoms with Gasteiger partial charge in [-0.05, 0) is 62.2 Å². The molecule has 0 aliphatic heterocycles. The van der Waals surface area contributed by atoms with Crippen molar-refractivity contribution in [1.29, 1.82) is 0 Å². The second-order valence-corrected chi connectivity index (χ2v) is 7.21. The lowest BCUT2D eigenvalue weighted by Gasteiger charge is -2.09. The number of nitrogens with one attached hydrogen (secondary N) is 1. The lowest BCUT2D eigenvalue weighted by Crippen LogP contribution is -2.25. The minimum Gasteiger partial charge on any atom is -0.494 e. The van der Waals surface area contributed by atoms with E-state index in [9.17, 15) is 9.18 Å². The number of rotatable bonds is 8. The van der Waals surface area contributed by atoms with Gasteiger partial charge in [0.05, 0.1) is 29.5 Å². The first-order valence-electron chi connectivity index (χ1n) is 10.1. The monoisotopic (exact) mass is 422 g/mol. The number of unbranched alkanes of at least 4 members (excludes halogenated alkanes) is 1. The van der Waals surface area contributed by atoms with Gasteiger partial charge in [0.1, 0.15) is 17.3 Å². The molecular formula is C23H23FN4O3. The second kappa shape index (κ2) is 8.99. The van der Waals surface area contributed by atoms with Crippen LogP contribution < -0.4 is 10.1 Å². The number of pyridine rings is 1. The zero-order chi connectivity index (χ0) is 21.8. The van der Waals surface area contributed by atoms with E-state index in [4.69, 9.17) is 9.15 Å². The molecule has 0 bridgehead atoms. The molecule has 8 heteroatoms. The summed E-state index contributed by atoms with van der Waals surface area (Å²) >= 11 is 0. The van der Waals surface area contributed by atoms with Crippen LogP contribution in [0.25, 0.3) is 22.5 Å². The average Bonchev–Trinajstić information content (AvgIpc) is 3.40. The number of amides is 1. The Morgan fingerprint density at radius 1 is 1.23 bits per heavy atom. The molecule has 0 aliphatic carbocycles. The molecule has 0 radical (unpaired) electrons. The smallest absolute Gasteiger partial charge is 0.252 e. The Morgan fingerprint density at radius 2 is 2.03 bits per heavy atom. The summed E-state index contributed by atoms with van der Waals surface area (Å²) in [5, 5.41) is 8.11. The van der Waals surface area contributed by atoms with Gasteiger partial charge in [-0.15, -0.1) is 0 Å². The van der Waals surface area contributed by atoms with Gasteiger partial charge in [-0.1, -0.05) is 0 Å². The number of halogens is 1. The molecule has 0 saturated carbocycles. The molecule has 31 heavy (non-hydrogen) atoms. The van der Waals surface area contributed by atoms with E-state index in [-0.39, 0.29) is 11.7 Å². The van der Waals surface area contributed by atoms with E-state index in [0.29, 0.717) is 41.6 Å². The van der Waals surface area contributed by atoms with Crippen LogP contribution in [0.5, 0.6) is 5.75 Å². The van der Waals surface area contributed by atoms with Crippen molar-refractivity contribution in [3.05, 3.63) is 65.8 Å². The molecule has 4 rings (SSSR count). The number of fused-ring (bicyclic) bond motifs is 1.